The third kappa shape index (κ3) is 2.54. The van der Waals surface area contributed by atoms with Crippen molar-refractivity contribution in [1.82, 2.24) is 4.90 Å². The van der Waals surface area contributed by atoms with Crippen LogP contribution in [-0.4, -0.2) is 25.5 Å². The van der Waals surface area contributed by atoms with Crippen LogP contribution in [0.3, 0.4) is 0 Å². The van der Waals surface area contributed by atoms with Gasteiger partial charge < -0.3 is 4.90 Å². The summed E-state index contributed by atoms with van der Waals surface area (Å²) in [4.78, 5) is 2.27. The zero-order valence-corrected chi connectivity index (χ0v) is 12.2. The first-order chi connectivity index (χ1) is 9.75. The summed E-state index contributed by atoms with van der Waals surface area (Å²) in [5.74, 6) is 0.524. The lowest BCUT2D eigenvalue weighted by Crippen LogP contribution is -2.16. The Bertz CT molecular complexity index is 611. The van der Waals surface area contributed by atoms with Crippen LogP contribution >= 0.6 is 0 Å². The van der Waals surface area contributed by atoms with E-state index in [0.717, 1.165) is 6.54 Å². The number of fused-ring (bicyclic) bond motifs is 1. The van der Waals surface area contributed by atoms with Gasteiger partial charge in [-0.3, -0.25) is 0 Å². The zero-order chi connectivity index (χ0) is 13.9. The van der Waals surface area contributed by atoms with Crippen LogP contribution in [0, 0.1) is 0 Å². The van der Waals surface area contributed by atoms with E-state index < -0.39 is 0 Å². The maximum Gasteiger partial charge on any atom is 0.0114 e. The fraction of sp³-hybridized carbons (Fsp3) is 0.263. The van der Waals surface area contributed by atoms with Crippen LogP contribution in [0.25, 0.3) is 11.6 Å². The van der Waals surface area contributed by atoms with E-state index >= 15 is 0 Å². The molecule has 3 rings (SSSR count). The fourth-order valence-corrected chi connectivity index (χ4v) is 3.01. The molecule has 1 atom stereocenters. The second-order valence-corrected chi connectivity index (χ2v) is 5.74. The first-order valence-electron chi connectivity index (χ1n) is 7.26. The average Bonchev–Trinajstić information content (AvgIpc) is 2.84. The number of benzene rings is 2. The molecule has 0 radical (unpaired) electrons. The molecule has 0 fully saturated rings. The molecule has 102 valence electrons. The van der Waals surface area contributed by atoms with E-state index in [4.69, 9.17) is 0 Å². The van der Waals surface area contributed by atoms with E-state index in [-0.39, 0.29) is 0 Å². The third-order valence-corrected chi connectivity index (χ3v) is 4.03. The van der Waals surface area contributed by atoms with E-state index in [9.17, 15) is 0 Å². The molecule has 0 N–H and O–H groups in total. The minimum absolute atomic E-state index is 0.524. The van der Waals surface area contributed by atoms with E-state index in [2.05, 4.69) is 79.7 Å². The molecule has 2 aromatic rings. The molecule has 0 aliphatic heterocycles. The van der Waals surface area contributed by atoms with Gasteiger partial charge in [0.1, 0.15) is 0 Å². The highest BCUT2D eigenvalue weighted by Gasteiger charge is 2.25. The summed E-state index contributed by atoms with van der Waals surface area (Å²) in [5, 5.41) is 0. The number of rotatable bonds is 4. The summed E-state index contributed by atoms with van der Waals surface area (Å²) < 4.78 is 0. The van der Waals surface area contributed by atoms with Gasteiger partial charge in [0.05, 0.1) is 0 Å². The summed E-state index contributed by atoms with van der Waals surface area (Å²) in [6.45, 7) is 1.11. The zero-order valence-electron chi connectivity index (χ0n) is 12.2. The predicted molar refractivity (Wildman–Crippen MR) is 86.7 cm³/mol. The Labute approximate surface area is 121 Å². The van der Waals surface area contributed by atoms with Crippen molar-refractivity contribution in [3.8, 4) is 0 Å². The highest BCUT2D eigenvalue weighted by atomic mass is 15.0. The molecule has 1 nitrogen and oxygen atoms in total. The van der Waals surface area contributed by atoms with Crippen LogP contribution in [0.1, 0.15) is 29.0 Å². The Morgan fingerprint density at radius 1 is 0.900 bits per heavy atom. The normalized spacial score (nSPS) is 17.1. The topological polar surface area (TPSA) is 3.24 Å². The summed E-state index contributed by atoms with van der Waals surface area (Å²) in [7, 11) is 4.29. The van der Waals surface area contributed by atoms with Gasteiger partial charge in [-0.25, -0.2) is 0 Å². The average molecular weight is 263 g/mol. The Morgan fingerprint density at radius 3 is 2.35 bits per heavy atom. The van der Waals surface area contributed by atoms with Crippen molar-refractivity contribution in [3.05, 3.63) is 71.3 Å². The molecular formula is C19H21N. The van der Waals surface area contributed by atoms with Gasteiger partial charge in [0.2, 0.25) is 0 Å². The van der Waals surface area contributed by atoms with E-state index in [1.165, 1.54) is 28.7 Å². The maximum atomic E-state index is 2.37. The number of nitrogens with zero attached hydrogens (tertiary/aromatic N) is 1. The lowest BCUT2D eigenvalue weighted by atomic mass is 9.88. The summed E-state index contributed by atoms with van der Waals surface area (Å²) in [6.07, 6.45) is 3.54. The quantitative estimate of drug-likeness (QED) is 0.796. The molecule has 0 saturated carbocycles. The molecule has 0 amide bonds. The SMILES string of the molecule is CN(C)CCC1C(c2ccccc2)=Cc2ccccc21. The summed E-state index contributed by atoms with van der Waals surface area (Å²) in [5.41, 5.74) is 5.68. The standard InChI is InChI=1S/C19H21N/c1-20(2)13-12-18-17-11-7-6-10-16(17)14-19(18)15-8-4-3-5-9-15/h3-11,14,18H,12-13H2,1-2H3. The first-order valence-corrected chi connectivity index (χ1v) is 7.26. The molecule has 20 heavy (non-hydrogen) atoms. The predicted octanol–water partition coefficient (Wildman–Crippen LogP) is 4.28. The van der Waals surface area contributed by atoms with Gasteiger partial charge in [0, 0.05) is 5.92 Å². The van der Waals surface area contributed by atoms with Crippen molar-refractivity contribution >= 4 is 11.6 Å². The van der Waals surface area contributed by atoms with Crippen molar-refractivity contribution in [2.75, 3.05) is 20.6 Å². The highest BCUT2D eigenvalue weighted by molar-refractivity contribution is 5.91. The fourth-order valence-electron chi connectivity index (χ4n) is 3.01. The lowest BCUT2D eigenvalue weighted by molar-refractivity contribution is 0.394. The minimum atomic E-state index is 0.524. The largest absolute Gasteiger partial charge is 0.309 e. The lowest BCUT2D eigenvalue weighted by Gasteiger charge is -2.19. The van der Waals surface area contributed by atoms with Crippen LogP contribution in [-0.2, 0) is 0 Å². The van der Waals surface area contributed by atoms with Gasteiger partial charge in [-0.1, -0.05) is 60.7 Å². The molecule has 0 heterocycles. The second-order valence-electron chi connectivity index (χ2n) is 5.74. The molecule has 2 aromatic carbocycles. The monoisotopic (exact) mass is 263 g/mol. The molecule has 1 aliphatic carbocycles. The van der Waals surface area contributed by atoms with Crippen molar-refractivity contribution in [3.63, 3.8) is 0 Å². The molecule has 0 saturated heterocycles. The van der Waals surface area contributed by atoms with Crippen molar-refractivity contribution in [2.24, 2.45) is 0 Å². The van der Waals surface area contributed by atoms with Crippen LogP contribution in [0.2, 0.25) is 0 Å². The Balaban J connectivity index is 1.96. The van der Waals surface area contributed by atoms with Gasteiger partial charge >= 0.3 is 0 Å². The molecule has 0 bridgehead atoms. The molecule has 1 aliphatic rings. The molecule has 0 spiro atoms. The summed E-state index contributed by atoms with van der Waals surface area (Å²) in [6, 6.07) is 19.6. The van der Waals surface area contributed by atoms with Gasteiger partial charge in [0.25, 0.3) is 0 Å². The number of allylic oxidation sites excluding steroid dienone is 1. The van der Waals surface area contributed by atoms with Gasteiger partial charge in [-0.15, -0.1) is 0 Å². The van der Waals surface area contributed by atoms with Gasteiger partial charge in [-0.05, 0) is 49.3 Å². The van der Waals surface area contributed by atoms with E-state index in [1.807, 2.05) is 0 Å². The Morgan fingerprint density at radius 2 is 1.60 bits per heavy atom. The van der Waals surface area contributed by atoms with Crippen molar-refractivity contribution in [1.29, 1.82) is 0 Å². The number of hydrogen-bond acceptors (Lipinski definition) is 1. The third-order valence-electron chi connectivity index (χ3n) is 4.03. The molecular weight excluding hydrogens is 242 g/mol. The van der Waals surface area contributed by atoms with E-state index in [1.54, 1.807) is 0 Å². The Hall–Kier alpha value is -1.86. The van der Waals surface area contributed by atoms with Crippen LogP contribution in [0.5, 0.6) is 0 Å². The first kappa shape index (κ1) is 13.1. The van der Waals surface area contributed by atoms with Crippen LogP contribution in [0.4, 0.5) is 0 Å². The number of hydrogen-bond donors (Lipinski definition) is 0. The minimum Gasteiger partial charge on any atom is -0.309 e. The smallest absolute Gasteiger partial charge is 0.0114 e. The van der Waals surface area contributed by atoms with Crippen LogP contribution < -0.4 is 0 Å². The second kappa shape index (κ2) is 5.64. The van der Waals surface area contributed by atoms with Crippen LogP contribution in [0.15, 0.2) is 54.6 Å². The van der Waals surface area contributed by atoms with Gasteiger partial charge in [-0.2, -0.15) is 0 Å². The molecule has 1 heteroatoms. The Kier molecular flexibility index (Phi) is 3.70. The highest BCUT2D eigenvalue weighted by Crippen LogP contribution is 2.43. The van der Waals surface area contributed by atoms with Crippen molar-refractivity contribution < 1.29 is 0 Å². The van der Waals surface area contributed by atoms with E-state index in [0.29, 0.717) is 5.92 Å². The maximum absolute atomic E-state index is 2.37. The molecule has 0 aromatic heterocycles. The van der Waals surface area contributed by atoms with Crippen molar-refractivity contribution in [2.45, 2.75) is 12.3 Å². The van der Waals surface area contributed by atoms with Gasteiger partial charge in [0.15, 0.2) is 0 Å². The molecule has 1 unspecified atom stereocenters. The summed E-state index contributed by atoms with van der Waals surface area (Å²) >= 11 is 0.